The van der Waals surface area contributed by atoms with E-state index in [1.54, 1.807) is 13.2 Å². The molecule has 1 aliphatic rings. The lowest BCUT2D eigenvalue weighted by Gasteiger charge is -2.39. The topological polar surface area (TPSA) is 18.5 Å². The summed E-state index contributed by atoms with van der Waals surface area (Å²) in [6.45, 7) is 1.82. The molecule has 0 spiro atoms. The summed E-state index contributed by atoms with van der Waals surface area (Å²) < 4.78 is 23.8. The van der Waals surface area contributed by atoms with Gasteiger partial charge in [0, 0.05) is 13.5 Å². The molecule has 1 aromatic rings. The Hall–Kier alpha value is -0.800. The van der Waals surface area contributed by atoms with Crippen LogP contribution < -0.4 is 4.74 Å². The van der Waals surface area contributed by atoms with Gasteiger partial charge in [0.2, 0.25) is 0 Å². The number of halogens is 2. The first-order valence-electron chi connectivity index (χ1n) is 5.21. The molecule has 1 aromatic carbocycles. The van der Waals surface area contributed by atoms with Crippen molar-refractivity contribution in [2.24, 2.45) is 0 Å². The monoisotopic (exact) mass is 244 g/mol. The molecule has 0 saturated heterocycles. The predicted molar refractivity (Wildman–Crippen MR) is 60.6 cm³/mol. The van der Waals surface area contributed by atoms with Gasteiger partial charge < -0.3 is 9.47 Å². The first kappa shape index (κ1) is 11.7. The molecule has 4 heteroatoms. The second kappa shape index (κ2) is 4.60. The molecule has 1 fully saturated rings. The second-order valence-electron chi connectivity index (χ2n) is 4.02. The lowest BCUT2D eigenvalue weighted by Crippen LogP contribution is -2.52. The van der Waals surface area contributed by atoms with Gasteiger partial charge in [0.1, 0.15) is 23.8 Å². The van der Waals surface area contributed by atoms with Crippen molar-refractivity contribution in [3.8, 4) is 5.75 Å². The van der Waals surface area contributed by atoms with Gasteiger partial charge in [-0.25, -0.2) is 4.39 Å². The number of hydrogen-bond acceptors (Lipinski definition) is 2. The molecule has 1 aliphatic carbocycles. The average molecular weight is 245 g/mol. The predicted octanol–water partition coefficient (Wildman–Crippen LogP) is 2.91. The Balaban J connectivity index is 2.04. The van der Waals surface area contributed by atoms with Gasteiger partial charge in [0.05, 0.1) is 5.38 Å². The Morgan fingerprint density at radius 3 is 2.75 bits per heavy atom. The highest BCUT2D eigenvalue weighted by molar-refractivity contribution is 6.21. The van der Waals surface area contributed by atoms with Crippen molar-refractivity contribution in [2.45, 2.75) is 30.9 Å². The fourth-order valence-electron chi connectivity index (χ4n) is 1.85. The van der Waals surface area contributed by atoms with E-state index >= 15 is 0 Å². The molecule has 3 unspecified atom stereocenters. The Bertz CT molecular complexity index is 383. The van der Waals surface area contributed by atoms with Gasteiger partial charge in [-0.1, -0.05) is 0 Å². The summed E-state index contributed by atoms with van der Waals surface area (Å²) in [6.07, 6.45) is 0.652. The van der Waals surface area contributed by atoms with E-state index in [0.29, 0.717) is 5.75 Å². The minimum Gasteiger partial charge on any atom is -0.487 e. The fraction of sp³-hybridized carbons (Fsp3) is 0.500. The number of alkyl halides is 1. The molecule has 0 amide bonds. The van der Waals surface area contributed by atoms with Crippen molar-refractivity contribution in [1.82, 2.24) is 0 Å². The fourth-order valence-corrected chi connectivity index (χ4v) is 2.29. The molecule has 3 atom stereocenters. The summed E-state index contributed by atoms with van der Waals surface area (Å²) in [5.41, 5.74) is 0.785. The van der Waals surface area contributed by atoms with E-state index in [1.165, 1.54) is 12.1 Å². The lowest BCUT2D eigenvalue weighted by molar-refractivity contribution is -0.0586. The molecule has 2 nitrogen and oxygen atoms in total. The van der Waals surface area contributed by atoms with Crippen molar-refractivity contribution in [1.29, 1.82) is 0 Å². The van der Waals surface area contributed by atoms with Crippen LogP contribution in [0.3, 0.4) is 0 Å². The van der Waals surface area contributed by atoms with Crippen LogP contribution in [0, 0.1) is 12.7 Å². The summed E-state index contributed by atoms with van der Waals surface area (Å²) in [4.78, 5) is 0. The van der Waals surface area contributed by atoms with Crippen LogP contribution in [-0.2, 0) is 4.74 Å². The third-order valence-electron chi connectivity index (χ3n) is 2.87. The van der Waals surface area contributed by atoms with E-state index in [9.17, 15) is 4.39 Å². The summed E-state index contributed by atoms with van der Waals surface area (Å²) in [6, 6.07) is 4.48. The quantitative estimate of drug-likeness (QED) is 0.762. The smallest absolute Gasteiger partial charge is 0.128 e. The number of benzene rings is 1. The summed E-state index contributed by atoms with van der Waals surface area (Å²) >= 11 is 5.98. The normalized spacial score (nSPS) is 28.6. The van der Waals surface area contributed by atoms with Crippen molar-refractivity contribution in [3.05, 3.63) is 29.6 Å². The molecular weight excluding hydrogens is 231 g/mol. The minimum atomic E-state index is -0.253. The van der Waals surface area contributed by atoms with Crippen LogP contribution >= 0.6 is 11.6 Å². The molecule has 16 heavy (non-hydrogen) atoms. The van der Waals surface area contributed by atoms with Crippen LogP contribution in [0.15, 0.2) is 18.2 Å². The maximum Gasteiger partial charge on any atom is 0.128 e. The zero-order valence-electron chi connectivity index (χ0n) is 9.24. The third kappa shape index (κ3) is 2.15. The number of aryl methyl sites for hydroxylation is 1. The Morgan fingerprint density at radius 1 is 1.44 bits per heavy atom. The maximum atomic E-state index is 12.9. The zero-order valence-corrected chi connectivity index (χ0v) is 10.00. The minimum absolute atomic E-state index is 0.00996. The summed E-state index contributed by atoms with van der Waals surface area (Å²) in [5.74, 6) is 0.439. The Morgan fingerprint density at radius 2 is 2.19 bits per heavy atom. The van der Waals surface area contributed by atoms with Crippen LogP contribution in [0.2, 0.25) is 0 Å². The van der Waals surface area contributed by atoms with Gasteiger partial charge in [-0.2, -0.15) is 0 Å². The van der Waals surface area contributed by atoms with Crippen LogP contribution in [0.1, 0.15) is 12.0 Å². The van der Waals surface area contributed by atoms with E-state index in [1.807, 2.05) is 6.92 Å². The van der Waals surface area contributed by atoms with Gasteiger partial charge in [-0.05, 0) is 30.7 Å². The lowest BCUT2D eigenvalue weighted by atomic mass is 9.91. The zero-order chi connectivity index (χ0) is 11.7. The van der Waals surface area contributed by atoms with Gasteiger partial charge in [-0.15, -0.1) is 11.6 Å². The molecule has 0 bridgehead atoms. The number of hydrogen-bond donors (Lipinski definition) is 0. The highest BCUT2D eigenvalue weighted by atomic mass is 35.5. The first-order valence-corrected chi connectivity index (χ1v) is 5.65. The molecule has 1 saturated carbocycles. The molecule has 88 valence electrons. The summed E-state index contributed by atoms with van der Waals surface area (Å²) in [7, 11) is 1.62. The molecule has 0 N–H and O–H groups in total. The standard InChI is InChI=1S/C12H14ClFO2/c1-7-5-8(14)3-4-10(7)16-11-6-9(13)12(11)15-2/h3-5,9,11-12H,6H2,1-2H3. The molecule has 2 rings (SSSR count). The third-order valence-corrected chi connectivity index (χ3v) is 3.29. The van der Waals surface area contributed by atoms with Crippen LogP contribution in [0.25, 0.3) is 0 Å². The van der Waals surface area contributed by atoms with Crippen LogP contribution in [-0.4, -0.2) is 24.7 Å². The maximum absolute atomic E-state index is 12.9. The molecule has 0 radical (unpaired) electrons. The molecular formula is C12H14ClFO2. The van der Waals surface area contributed by atoms with E-state index in [0.717, 1.165) is 12.0 Å². The van der Waals surface area contributed by atoms with E-state index in [2.05, 4.69) is 0 Å². The number of rotatable bonds is 3. The van der Waals surface area contributed by atoms with Crippen molar-refractivity contribution < 1.29 is 13.9 Å². The Kier molecular flexibility index (Phi) is 3.36. The Labute approximate surface area is 99.3 Å². The molecule has 0 aliphatic heterocycles. The van der Waals surface area contributed by atoms with Gasteiger partial charge in [-0.3, -0.25) is 0 Å². The highest BCUT2D eigenvalue weighted by Gasteiger charge is 2.42. The van der Waals surface area contributed by atoms with Crippen LogP contribution in [0.5, 0.6) is 5.75 Å². The van der Waals surface area contributed by atoms with E-state index in [4.69, 9.17) is 21.1 Å². The van der Waals surface area contributed by atoms with Crippen molar-refractivity contribution in [3.63, 3.8) is 0 Å². The number of ether oxygens (including phenoxy) is 2. The van der Waals surface area contributed by atoms with Gasteiger partial charge >= 0.3 is 0 Å². The largest absolute Gasteiger partial charge is 0.487 e. The highest BCUT2D eigenvalue weighted by Crippen LogP contribution is 2.33. The number of methoxy groups -OCH3 is 1. The van der Waals surface area contributed by atoms with Gasteiger partial charge in [0.15, 0.2) is 0 Å². The van der Waals surface area contributed by atoms with Crippen LogP contribution in [0.4, 0.5) is 4.39 Å². The van der Waals surface area contributed by atoms with Gasteiger partial charge in [0.25, 0.3) is 0 Å². The summed E-state index contributed by atoms with van der Waals surface area (Å²) in [5, 5.41) is 0.00996. The van der Waals surface area contributed by atoms with Crippen molar-refractivity contribution >= 4 is 11.6 Å². The molecule has 0 heterocycles. The molecule has 0 aromatic heterocycles. The van der Waals surface area contributed by atoms with E-state index < -0.39 is 0 Å². The SMILES string of the molecule is COC1C(Cl)CC1Oc1ccc(F)cc1C. The average Bonchev–Trinajstić information content (AvgIpc) is 2.21. The second-order valence-corrected chi connectivity index (χ2v) is 4.58. The first-order chi connectivity index (χ1) is 7.61. The van der Waals surface area contributed by atoms with Crippen molar-refractivity contribution in [2.75, 3.05) is 7.11 Å². The van der Waals surface area contributed by atoms with E-state index in [-0.39, 0.29) is 23.4 Å².